The monoisotopic (exact) mass is 559 g/mol. The summed E-state index contributed by atoms with van der Waals surface area (Å²) in [7, 11) is -8.18. The number of aromatic nitrogens is 1. The number of rotatable bonds is 8. The molecule has 0 aliphatic carbocycles. The molecule has 0 spiro atoms. The molecule has 1 aliphatic heterocycles. The van der Waals surface area contributed by atoms with Gasteiger partial charge in [-0.15, -0.1) is 0 Å². The van der Waals surface area contributed by atoms with E-state index in [0.717, 1.165) is 9.87 Å². The number of carbonyl (C=O) groups excluding carboxylic acids is 1. The van der Waals surface area contributed by atoms with Gasteiger partial charge in [-0.2, -0.15) is 8.61 Å². The van der Waals surface area contributed by atoms with Crippen LogP contribution in [0.1, 0.15) is 39.2 Å². The molecule has 0 amide bonds. The van der Waals surface area contributed by atoms with Gasteiger partial charge in [-0.05, 0) is 41.7 Å². The summed E-state index contributed by atoms with van der Waals surface area (Å²) in [5.74, 6) is -0.446. The number of pyridine rings is 1. The van der Waals surface area contributed by atoms with Gasteiger partial charge in [0.1, 0.15) is 4.90 Å². The largest absolute Gasteiger partial charge is 0.396 e. The predicted molar refractivity (Wildman–Crippen MR) is 145 cm³/mol. The molecular formula is C27H33N3O6S2. The molecule has 1 unspecified atom stereocenters. The number of aliphatic hydroxyl groups excluding tert-OH is 1. The number of nitrogens with zero attached hydrogens (tertiary/aromatic N) is 3. The van der Waals surface area contributed by atoms with Gasteiger partial charge in [-0.1, -0.05) is 51.1 Å². The molecule has 2 aromatic carbocycles. The Morgan fingerprint density at radius 3 is 2.32 bits per heavy atom. The van der Waals surface area contributed by atoms with Crippen LogP contribution in [-0.4, -0.2) is 73.6 Å². The van der Waals surface area contributed by atoms with E-state index in [4.69, 9.17) is 0 Å². The minimum absolute atomic E-state index is 0.0374. The number of hydrogen-bond donors (Lipinski definition) is 1. The molecule has 0 bridgehead atoms. The Labute approximate surface area is 224 Å². The number of hydrogen-bond acceptors (Lipinski definition) is 7. The van der Waals surface area contributed by atoms with Gasteiger partial charge in [0, 0.05) is 44.2 Å². The zero-order valence-electron chi connectivity index (χ0n) is 21.7. The summed E-state index contributed by atoms with van der Waals surface area (Å²) in [6.07, 6.45) is 1.58. The van der Waals surface area contributed by atoms with Gasteiger partial charge in [0.05, 0.1) is 16.5 Å². The molecule has 204 valence electrons. The summed E-state index contributed by atoms with van der Waals surface area (Å²) in [6.45, 7) is 5.25. The molecule has 38 heavy (non-hydrogen) atoms. The Bertz CT molecular complexity index is 1530. The van der Waals surface area contributed by atoms with E-state index in [2.05, 4.69) is 4.98 Å². The number of ketones is 1. The molecule has 11 heteroatoms. The van der Waals surface area contributed by atoms with E-state index in [0.29, 0.717) is 5.39 Å². The Morgan fingerprint density at radius 1 is 0.974 bits per heavy atom. The third-order valence-electron chi connectivity index (χ3n) is 6.79. The second-order valence-electron chi connectivity index (χ2n) is 10.4. The molecule has 1 N–H and O–H groups in total. The van der Waals surface area contributed by atoms with E-state index in [1.807, 2.05) is 20.8 Å². The van der Waals surface area contributed by atoms with E-state index < -0.39 is 31.9 Å². The lowest BCUT2D eigenvalue weighted by Crippen LogP contribution is -2.59. The van der Waals surface area contributed by atoms with Crippen molar-refractivity contribution in [2.45, 2.75) is 54.9 Å². The number of fused-ring (bicyclic) bond motifs is 1. The van der Waals surface area contributed by atoms with Crippen molar-refractivity contribution < 1.29 is 26.7 Å². The summed E-state index contributed by atoms with van der Waals surface area (Å²) in [6, 6.07) is 13.7. The van der Waals surface area contributed by atoms with Gasteiger partial charge in [0.25, 0.3) is 0 Å². The Balaban J connectivity index is 1.69. The van der Waals surface area contributed by atoms with Crippen LogP contribution in [0.15, 0.2) is 70.6 Å². The fraction of sp³-hybridized carbons (Fsp3) is 0.407. The lowest BCUT2D eigenvalue weighted by molar-refractivity contribution is -0.124. The van der Waals surface area contributed by atoms with E-state index >= 15 is 0 Å². The van der Waals surface area contributed by atoms with Crippen LogP contribution >= 0.6 is 0 Å². The first-order valence-electron chi connectivity index (χ1n) is 12.5. The highest BCUT2D eigenvalue weighted by Crippen LogP contribution is 2.30. The lowest BCUT2D eigenvalue weighted by atomic mass is 9.87. The Morgan fingerprint density at radius 2 is 1.66 bits per heavy atom. The van der Waals surface area contributed by atoms with Crippen molar-refractivity contribution in [2.24, 2.45) is 0 Å². The number of aliphatic hydroxyl groups is 1. The van der Waals surface area contributed by atoms with Crippen molar-refractivity contribution in [1.29, 1.82) is 0 Å². The van der Waals surface area contributed by atoms with Crippen LogP contribution in [0, 0.1) is 0 Å². The molecular weight excluding hydrogens is 526 g/mol. The first kappa shape index (κ1) is 28.3. The van der Waals surface area contributed by atoms with Crippen LogP contribution in [0.5, 0.6) is 0 Å². The second-order valence-corrected chi connectivity index (χ2v) is 14.2. The third-order valence-corrected chi connectivity index (χ3v) is 10.6. The number of benzene rings is 2. The molecule has 2 heterocycles. The summed E-state index contributed by atoms with van der Waals surface area (Å²) >= 11 is 0. The van der Waals surface area contributed by atoms with Crippen LogP contribution in [0.4, 0.5) is 0 Å². The summed E-state index contributed by atoms with van der Waals surface area (Å²) in [4.78, 5) is 17.5. The van der Waals surface area contributed by atoms with Gasteiger partial charge in [0.2, 0.25) is 20.0 Å². The van der Waals surface area contributed by atoms with Crippen molar-refractivity contribution in [3.05, 3.63) is 66.4 Å². The lowest BCUT2D eigenvalue weighted by Gasteiger charge is -2.39. The number of Topliss-reactive ketones (excluding diaryl/α,β-unsaturated/α-hetero) is 1. The van der Waals surface area contributed by atoms with E-state index in [1.54, 1.807) is 48.5 Å². The number of para-hydroxylation sites is 1. The molecule has 1 aliphatic rings. The smallest absolute Gasteiger partial charge is 0.245 e. The predicted octanol–water partition coefficient (Wildman–Crippen LogP) is 2.94. The van der Waals surface area contributed by atoms with Gasteiger partial charge >= 0.3 is 0 Å². The Hall–Kier alpha value is -2.70. The fourth-order valence-electron chi connectivity index (χ4n) is 4.62. The molecule has 1 fully saturated rings. The van der Waals surface area contributed by atoms with Crippen molar-refractivity contribution in [3.63, 3.8) is 0 Å². The van der Waals surface area contributed by atoms with E-state index in [9.17, 15) is 26.7 Å². The van der Waals surface area contributed by atoms with Crippen LogP contribution in [0.2, 0.25) is 0 Å². The van der Waals surface area contributed by atoms with Crippen molar-refractivity contribution in [3.8, 4) is 0 Å². The molecule has 0 saturated carbocycles. The maximum atomic E-state index is 13.9. The Kier molecular flexibility index (Phi) is 8.06. The standard InChI is InChI=1S/C27H33N3O6S2/c1-27(2,3)21-11-13-22(14-12-21)37(33,34)29-16-17-30(23(19-29)24(32)9-6-18-31)38(35,36)25-10-4-7-20-8-5-15-28-26(20)25/h4-5,7-8,10-15,23,31H,6,9,16-19H2,1-3H3. The second kappa shape index (κ2) is 10.8. The maximum absolute atomic E-state index is 13.9. The quantitative estimate of drug-likeness (QED) is 0.450. The maximum Gasteiger partial charge on any atom is 0.245 e. The third kappa shape index (κ3) is 5.52. The zero-order chi connectivity index (χ0) is 27.7. The van der Waals surface area contributed by atoms with E-state index in [1.165, 1.54) is 16.6 Å². The first-order valence-corrected chi connectivity index (χ1v) is 15.4. The average molecular weight is 560 g/mol. The minimum Gasteiger partial charge on any atom is -0.396 e. The van der Waals surface area contributed by atoms with Gasteiger partial charge < -0.3 is 5.11 Å². The van der Waals surface area contributed by atoms with Gasteiger partial charge in [0.15, 0.2) is 5.78 Å². The van der Waals surface area contributed by atoms with Crippen molar-refractivity contribution >= 4 is 36.7 Å². The molecule has 4 rings (SSSR count). The highest BCUT2D eigenvalue weighted by atomic mass is 32.2. The number of piperazine rings is 1. The first-order chi connectivity index (χ1) is 17.9. The van der Waals surface area contributed by atoms with Crippen molar-refractivity contribution in [1.82, 2.24) is 13.6 Å². The normalized spacial score (nSPS) is 18.1. The number of sulfonamides is 2. The minimum atomic E-state index is -4.20. The summed E-state index contributed by atoms with van der Waals surface area (Å²) < 4.78 is 57.0. The van der Waals surface area contributed by atoms with Crippen LogP contribution in [0.3, 0.4) is 0 Å². The summed E-state index contributed by atoms with van der Waals surface area (Å²) in [5.41, 5.74) is 1.11. The summed E-state index contributed by atoms with van der Waals surface area (Å²) in [5, 5.41) is 9.88. The SMILES string of the molecule is CC(C)(C)c1ccc(S(=O)(=O)N2CCN(S(=O)(=O)c3cccc4cccnc34)C(C(=O)CCCO)C2)cc1. The van der Waals surface area contributed by atoms with Crippen LogP contribution in [0.25, 0.3) is 10.9 Å². The van der Waals surface area contributed by atoms with Gasteiger partial charge in [-0.3, -0.25) is 9.78 Å². The molecule has 3 aromatic rings. The van der Waals surface area contributed by atoms with Crippen molar-refractivity contribution in [2.75, 3.05) is 26.2 Å². The van der Waals surface area contributed by atoms with Crippen LogP contribution < -0.4 is 0 Å². The molecule has 9 nitrogen and oxygen atoms in total. The highest BCUT2D eigenvalue weighted by molar-refractivity contribution is 7.89. The number of carbonyl (C=O) groups is 1. The van der Waals surface area contributed by atoms with Crippen LogP contribution in [-0.2, 0) is 30.3 Å². The van der Waals surface area contributed by atoms with Gasteiger partial charge in [-0.25, -0.2) is 16.8 Å². The molecule has 1 saturated heterocycles. The zero-order valence-corrected chi connectivity index (χ0v) is 23.4. The molecule has 1 atom stereocenters. The highest BCUT2D eigenvalue weighted by Gasteiger charge is 2.43. The average Bonchev–Trinajstić information content (AvgIpc) is 2.90. The topological polar surface area (TPSA) is 125 Å². The fourth-order valence-corrected chi connectivity index (χ4v) is 7.81. The molecule has 0 radical (unpaired) electrons. The molecule has 1 aromatic heterocycles. The van der Waals surface area contributed by atoms with E-state index in [-0.39, 0.29) is 59.8 Å².